The molecule has 3 nitrogen and oxygen atoms in total. The van der Waals surface area contributed by atoms with Gasteiger partial charge in [0.25, 0.3) is 0 Å². The van der Waals surface area contributed by atoms with Crippen LogP contribution in [0.3, 0.4) is 0 Å². The molecule has 15 heavy (non-hydrogen) atoms. The molecule has 0 aromatic rings. The highest BCUT2D eigenvalue weighted by Gasteiger charge is 2.08. The fourth-order valence-electron chi connectivity index (χ4n) is 1.26. The second kappa shape index (κ2) is 8.62. The predicted molar refractivity (Wildman–Crippen MR) is 60.7 cm³/mol. The molecular weight excluding hydrogens is 192 g/mol. The number of carbonyl (C=O) groups excluding carboxylic acids is 1. The summed E-state index contributed by atoms with van der Waals surface area (Å²) in [6, 6.07) is 0. The van der Waals surface area contributed by atoms with Crippen molar-refractivity contribution in [2.45, 2.75) is 45.8 Å². The van der Waals surface area contributed by atoms with Gasteiger partial charge in [-0.2, -0.15) is 0 Å². The number of Topliss-reactive ketones (excluding diaryl/α,β-unsaturated/α-hetero) is 1. The molecule has 0 saturated heterocycles. The van der Waals surface area contributed by atoms with Crippen LogP contribution in [0.2, 0.25) is 0 Å². The van der Waals surface area contributed by atoms with E-state index in [1.165, 1.54) is 5.57 Å². The lowest BCUT2D eigenvalue weighted by Gasteiger charge is -2.11. The van der Waals surface area contributed by atoms with Crippen LogP contribution in [0, 0.1) is 0 Å². The molecule has 0 aliphatic rings. The van der Waals surface area contributed by atoms with Gasteiger partial charge < -0.3 is 9.47 Å². The molecule has 0 heterocycles. The van der Waals surface area contributed by atoms with Crippen LogP contribution in [-0.2, 0) is 14.3 Å². The van der Waals surface area contributed by atoms with E-state index in [0.717, 1.165) is 6.42 Å². The van der Waals surface area contributed by atoms with Crippen LogP contribution in [0.1, 0.15) is 39.5 Å². The highest BCUT2D eigenvalue weighted by Crippen LogP contribution is 2.06. The van der Waals surface area contributed by atoms with Crippen molar-refractivity contribution in [2.24, 2.45) is 0 Å². The molecule has 0 aromatic carbocycles. The summed E-state index contributed by atoms with van der Waals surface area (Å²) in [5.74, 6) is 0.270. The van der Waals surface area contributed by atoms with Crippen molar-refractivity contribution in [3.63, 3.8) is 0 Å². The van der Waals surface area contributed by atoms with E-state index in [0.29, 0.717) is 19.3 Å². The van der Waals surface area contributed by atoms with Crippen molar-refractivity contribution in [3.8, 4) is 0 Å². The largest absolute Gasteiger partial charge is 0.356 e. The third kappa shape index (κ3) is 8.33. The Morgan fingerprint density at radius 1 is 1.20 bits per heavy atom. The van der Waals surface area contributed by atoms with Gasteiger partial charge in [-0.05, 0) is 20.3 Å². The zero-order valence-electron chi connectivity index (χ0n) is 10.2. The number of rotatable bonds is 8. The predicted octanol–water partition coefficient (Wildman–Crippen LogP) is 2.70. The summed E-state index contributed by atoms with van der Waals surface area (Å²) in [6.07, 6.45) is 4.46. The van der Waals surface area contributed by atoms with E-state index in [9.17, 15) is 4.79 Å². The summed E-state index contributed by atoms with van der Waals surface area (Å²) in [5.41, 5.74) is 1.26. The number of ketones is 1. The van der Waals surface area contributed by atoms with Crippen molar-refractivity contribution in [1.82, 2.24) is 0 Å². The van der Waals surface area contributed by atoms with Crippen molar-refractivity contribution in [1.29, 1.82) is 0 Å². The van der Waals surface area contributed by atoms with Crippen LogP contribution in [0.15, 0.2) is 11.6 Å². The first-order chi connectivity index (χ1) is 7.10. The average molecular weight is 214 g/mol. The van der Waals surface area contributed by atoms with Gasteiger partial charge in [-0.1, -0.05) is 11.6 Å². The van der Waals surface area contributed by atoms with Crippen molar-refractivity contribution < 1.29 is 14.3 Å². The Bertz CT molecular complexity index is 201. The zero-order chi connectivity index (χ0) is 11.7. The minimum absolute atomic E-state index is 0.252. The fourth-order valence-corrected chi connectivity index (χ4v) is 1.26. The molecule has 0 unspecified atom stereocenters. The Kier molecular flexibility index (Phi) is 8.24. The molecule has 0 fully saturated rings. The second-order valence-corrected chi connectivity index (χ2v) is 3.80. The van der Waals surface area contributed by atoms with Crippen LogP contribution in [-0.4, -0.2) is 26.3 Å². The van der Waals surface area contributed by atoms with Gasteiger partial charge in [-0.25, -0.2) is 0 Å². The lowest BCUT2D eigenvalue weighted by Crippen LogP contribution is -2.14. The van der Waals surface area contributed by atoms with Crippen molar-refractivity contribution >= 4 is 5.78 Å². The topological polar surface area (TPSA) is 35.5 Å². The van der Waals surface area contributed by atoms with Crippen LogP contribution < -0.4 is 0 Å². The second-order valence-electron chi connectivity index (χ2n) is 3.80. The van der Waals surface area contributed by atoms with E-state index < -0.39 is 0 Å². The Hall–Kier alpha value is -0.670. The van der Waals surface area contributed by atoms with Crippen LogP contribution in [0.5, 0.6) is 0 Å². The molecule has 0 N–H and O–H groups in total. The number of hydrogen-bond acceptors (Lipinski definition) is 3. The fraction of sp³-hybridized carbons (Fsp3) is 0.750. The van der Waals surface area contributed by atoms with E-state index in [1.54, 1.807) is 14.2 Å². The van der Waals surface area contributed by atoms with E-state index in [2.05, 4.69) is 6.08 Å². The Morgan fingerprint density at radius 2 is 1.80 bits per heavy atom. The van der Waals surface area contributed by atoms with Gasteiger partial charge in [-0.15, -0.1) is 0 Å². The molecule has 0 bridgehead atoms. The molecular formula is C12H22O3. The van der Waals surface area contributed by atoms with Crippen molar-refractivity contribution in [3.05, 3.63) is 11.6 Å². The summed E-state index contributed by atoms with van der Waals surface area (Å²) >= 11 is 0. The van der Waals surface area contributed by atoms with Gasteiger partial charge in [0.1, 0.15) is 5.78 Å². The highest BCUT2D eigenvalue weighted by molar-refractivity contribution is 5.78. The van der Waals surface area contributed by atoms with E-state index in [4.69, 9.17) is 9.47 Å². The number of carbonyl (C=O) groups is 1. The summed E-state index contributed by atoms with van der Waals surface area (Å²) in [6.45, 7) is 4.08. The lowest BCUT2D eigenvalue weighted by molar-refractivity contribution is -0.127. The Morgan fingerprint density at radius 3 is 2.27 bits per heavy atom. The summed E-state index contributed by atoms with van der Waals surface area (Å²) in [7, 11) is 3.17. The Labute approximate surface area is 92.5 Å². The third-order valence-electron chi connectivity index (χ3n) is 2.16. The van der Waals surface area contributed by atoms with Crippen molar-refractivity contribution in [2.75, 3.05) is 14.2 Å². The van der Waals surface area contributed by atoms with Gasteiger partial charge in [0, 0.05) is 33.5 Å². The zero-order valence-corrected chi connectivity index (χ0v) is 10.2. The normalized spacial score (nSPS) is 10.5. The van der Waals surface area contributed by atoms with Crippen LogP contribution in [0.25, 0.3) is 0 Å². The van der Waals surface area contributed by atoms with Crippen LogP contribution in [0.4, 0.5) is 0 Å². The lowest BCUT2D eigenvalue weighted by atomic mass is 10.1. The molecule has 0 aromatic heterocycles. The molecule has 0 aliphatic carbocycles. The summed E-state index contributed by atoms with van der Waals surface area (Å²) in [5, 5.41) is 0. The smallest absolute Gasteiger partial charge is 0.157 e. The Balaban J connectivity index is 3.61. The first-order valence-corrected chi connectivity index (χ1v) is 5.30. The molecule has 0 atom stereocenters. The molecule has 88 valence electrons. The first kappa shape index (κ1) is 14.3. The third-order valence-corrected chi connectivity index (χ3v) is 2.16. The number of ether oxygens (including phenoxy) is 2. The SMILES string of the molecule is COC(CCC(=O)CCC=C(C)C)OC. The monoisotopic (exact) mass is 214 g/mol. The molecule has 0 radical (unpaired) electrons. The minimum atomic E-state index is -0.252. The maximum atomic E-state index is 11.4. The number of allylic oxidation sites excluding steroid dienone is 2. The molecule has 0 spiro atoms. The molecule has 0 aliphatic heterocycles. The number of methoxy groups -OCH3 is 2. The summed E-state index contributed by atoms with van der Waals surface area (Å²) < 4.78 is 10.0. The van der Waals surface area contributed by atoms with Gasteiger partial charge in [0.2, 0.25) is 0 Å². The van der Waals surface area contributed by atoms with E-state index in [-0.39, 0.29) is 12.1 Å². The molecule has 3 heteroatoms. The minimum Gasteiger partial charge on any atom is -0.356 e. The molecule has 0 amide bonds. The van der Waals surface area contributed by atoms with Gasteiger partial charge >= 0.3 is 0 Å². The van der Waals surface area contributed by atoms with Gasteiger partial charge in [0.15, 0.2) is 6.29 Å². The molecule has 0 rings (SSSR count). The van der Waals surface area contributed by atoms with Gasteiger partial charge in [-0.3, -0.25) is 4.79 Å². The van der Waals surface area contributed by atoms with Crippen LogP contribution >= 0.6 is 0 Å². The van der Waals surface area contributed by atoms with E-state index >= 15 is 0 Å². The maximum Gasteiger partial charge on any atom is 0.157 e. The summed E-state index contributed by atoms with van der Waals surface area (Å²) in [4.78, 5) is 11.4. The maximum absolute atomic E-state index is 11.4. The van der Waals surface area contributed by atoms with E-state index in [1.807, 2.05) is 13.8 Å². The van der Waals surface area contributed by atoms with Gasteiger partial charge in [0.05, 0.1) is 0 Å². The standard InChI is InChI=1S/C12H22O3/c1-10(2)6-5-7-11(13)8-9-12(14-3)15-4/h6,12H,5,7-9H2,1-4H3. The first-order valence-electron chi connectivity index (χ1n) is 5.30. The molecule has 0 saturated carbocycles. The quantitative estimate of drug-likeness (QED) is 0.460. The highest BCUT2D eigenvalue weighted by atomic mass is 16.7. The average Bonchev–Trinajstić information content (AvgIpc) is 2.18. The number of hydrogen-bond donors (Lipinski definition) is 0.